The van der Waals surface area contributed by atoms with E-state index in [0.717, 1.165) is 29.9 Å². The standard InChI is InChI=1S/C18H26N2O/c1-6-18(4,5)21-17-16-10-8-7-9-14(16)11-15(20-17)12-19-13(2)3/h7-11,13,19H,6,12H2,1-5H3. The average molecular weight is 286 g/mol. The van der Waals surface area contributed by atoms with Crippen molar-refractivity contribution in [2.45, 2.75) is 59.2 Å². The molecule has 0 spiro atoms. The van der Waals surface area contributed by atoms with Crippen LogP contribution in [0.4, 0.5) is 0 Å². The van der Waals surface area contributed by atoms with E-state index in [1.807, 2.05) is 6.07 Å². The monoisotopic (exact) mass is 286 g/mol. The van der Waals surface area contributed by atoms with Crippen LogP contribution in [0.5, 0.6) is 5.88 Å². The zero-order chi connectivity index (χ0) is 15.5. The summed E-state index contributed by atoms with van der Waals surface area (Å²) in [6, 6.07) is 10.8. The maximum absolute atomic E-state index is 6.17. The number of hydrogen-bond donors (Lipinski definition) is 1. The number of benzene rings is 1. The Kier molecular flexibility index (Phi) is 4.84. The van der Waals surface area contributed by atoms with Crippen molar-refractivity contribution < 1.29 is 4.74 Å². The number of aromatic nitrogens is 1. The van der Waals surface area contributed by atoms with E-state index in [2.05, 4.69) is 64.2 Å². The summed E-state index contributed by atoms with van der Waals surface area (Å²) < 4.78 is 6.17. The van der Waals surface area contributed by atoms with E-state index in [4.69, 9.17) is 9.72 Å². The fourth-order valence-corrected chi connectivity index (χ4v) is 2.03. The average Bonchev–Trinajstić information content (AvgIpc) is 2.45. The quantitative estimate of drug-likeness (QED) is 0.859. The third kappa shape index (κ3) is 4.18. The molecule has 114 valence electrons. The van der Waals surface area contributed by atoms with Crippen LogP contribution in [0.1, 0.15) is 46.7 Å². The number of nitrogens with zero attached hydrogens (tertiary/aromatic N) is 1. The summed E-state index contributed by atoms with van der Waals surface area (Å²) in [5.74, 6) is 0.737. The van der Waals surface area contributed by atoms with Gasteiger partial charge in [-0.1, -0.05) is 39.0 Å². The van der Waals surface area contributed by atoms with Crippen molar-refractivity contribution >= 4 is 10.8 Å². The Morgan fingerprint density at radius 1 is 1.24 bits per heavy atom. The van der Waals surface area contributed by atoms with Gasteiger partial charge in [0.25, 0.3) is 0 Å². The molecule has 0 aliphatic rings. The Hall–Kier alpha value is -1.61. The molecule has 0 saturated carbocycles. The van der Waals surface area contributed by atoms with Crippen LogP contribution in [0.25, 0.3) is 10.8 Å². The summed E-state index contributed by atoms with van der Waals surface area (Å²) in [5.41, 5.74) is 0.809. The maximum atomic E-state index is 6.17. The molecular formula is C18H26N2O. The largest absolute Gasteiger partial charge is 0.471 e. The van der Waals surface area contributed by atoms with E-state index in [1.54, 1.807) is 0 Å². The molecule has 21 heavy (non-hydrogen) atoms. The highest BCUT2D eigenvalue weighted by Crippen LogP contribution is 2.28. The van der Waals surface area contributed by atoms with E-state index in [9.17, 15) is 0 Å². The van der Waals surface area contributed by atoms with Crippen LogP contribution < -0.4 is 10.1 Å². The Labute approximate surface area is 127 Å². The molecule has 2 aromatic rings. The van der Waals surface area contributed by atoms with E-state index in [-0.39, 0.29) is 5.60 Å². The SMILES string of the molecule is CCC(C)(C)Oc1nc(CNC(C)C)cc2ccccc12. The predicted octanol–water partition coefficient (Wildman–Crippen LogP) is 4.30. The van der Waals surface area contributed by atoms with E-state index in [1.165, 1.54) is 5.39 Å². The molecule has 1 aromatic carbocycles. The van der Waals surface area contributed by atoms with Gasteiger partial charge in [-0.25, -0.2) is 4.98 Å². The lowest BCUT2D eigenvalue weighted by Crippen LogP contribution is -2.28. The highest BCUT2D eigenvalue weighted by atomic mass is 16.5. The van der Waals surface area contributed by atoms with Crippen LogP contribution in [0.2, 0.25) is 0 Å². The molecule has 0 saturated heterocycles. The van der Waals surface area contributed by atoms with Gasteiger partial charge in [-0.3, -0.25) is 0 Å². The second-order valence-corrected chi connectivity index (χ2v) is 6.39. The number of pyridine rings is 1. The molecule has 0 fully saturated rings. The third-order valence-corrected chi connectivity index (χ3v) is 3.67. The molecule has 0 radical (unpaired) electrons. The molecule has 1 N–H and O–H groups in total. The van der Waals surface area contributed by atoms with Crippen molar-refractivity contribution in [3.63, 3.8) is 0 Å². The fourth-order valence-electron chi connectivity index (χ4n) is 2.03. The van der Waals surface area contributed by atoms with E-state index < -0.39 is 0 Å². The van der Waals surface area contributed by atoms with Crippen LogP contribution in [-0.2, 0) is 6.54 Å². The Bertz CT molecular complexity index is 605. The van der Waals surface area contributed by atoms with Gasteiger partial charge in [0.2, 0.25) is 5.88 Å². The van der Waals surface area contributed by atoms with Gasteiger partial charge < -0.3 is 10.1 Å². The number of ether oxygens (including phenoxy) is 1. The first-order valence-corrected chi connectivity index (χ1v) is 7.72. The molecular weight excluding hydrogens is 260 g/mol. The summed E-state index contributed by atoms with van der Waals surface area (Å²) >= 11 is 0. The first-order valence-electron chi connectivity index (χ1n) is 7.72. The minimum Gasteiger partial charge on any atom is -0.471 e. The zero-order valence-electron chi connectivity index (χ0n) is 13.7. The molecule has 0 aliphatic carbocycles. The Morgan fingerprint density at radius 3 is 2.62 bits per heavy atom. The van der Waals surface area contributed by atoms with Crippen LogP contribution in [0, 0.1) is 0 Å². The highest BCUT2D eigenvalue weighted by Gasteiger charge is 2.19. The molecule has 2 rings (SSSR count). The normalized spacial score (nSPS) is 12.1. The number of rotatable bonds is 6. The fraction of sp³-hybridized carbons (Fsp3) is 0.500. The van der Waals surface area contributed by atoms with Gasteiger partial charge in [0.15, 0.2) is 0 Å². The molecule has 0 amide bonds. The highest BCUT2D eigenvalue weighted by molar-refractivity contribution is 5.87. The van der Waals surface area contributed by atoms with Gasteiger partial charge >= 0.3 is 0 Å². The topological polar surface area (TPSA) is 34.1 Å². The minimum atomic E-state index is -0.208. The second-order valence-electron chi connectivity index (χ2n) is 6.39. The van der Waals surface area contributed by atoms with Crippen LogP contribution in [0.15, 0.2) is 30.3 Å². The van der Waals surface area contributed by atoms with Crippen molar-refractivity contribution in [1.29, 1.82) is 0 Å². The number of fused-ring (bicyclic) bond motifs is 1. The summed E-state index contributed by atoms with van der Waals surface area (Å²) in [5, 5.41) is 5.66. The van der Waals surface area contributed by atoms with Crippen molar-refractivity contribution in [3.05, 3.63) is 36.0 Å². The summed E-state index contributed by atoms with van der Waals surface area (Å²) in [6.45, 7) is 11.4. The van der Waals surface area contributed by atoms with Gasteiger partial charge in [-0.15, -0.1) is 0 Å². The smallest absolute Gasteiger partial charge is 0.222 e. The summed E-state index contributed by atoms with van der Waals surface area (Å²) in [6.07, 6.45) is 0.942. The Morgan fingerprint density at radius 2 is 1.95 bits per heavy atom. The van der Waals surface area contributed by atoms with Crippen LogP contribution >= 0.6 is 0 Å². The van der Waals surface area contributed by atoms with Crippen molar-refractivity contribution in [2.75, 3.05) is 0 Å². The lowest BCUT2D eigenvalue weighted by Gasteiger charge is -2.25. The number of nitrogens with one attached hydrogen (secondary N) is 1. The Balaban J connectivity index is 2.40. The van der Waals surface area contributed by atoms with Crippen LogP contribution in [0.3, 0.4) is 0 Å². The van der Waals surface area contributed by atoms with Crippen LogP contribution in [-0.4, -0.2) is 16.6 Å². The second kappa shape index (κ2) is 6.44. The third-order valence-electron chi connectivity index (χ3n) is 3.67. The molecule has 3 nitrogen and oxygen atoms in total. The first kappa shape index (κ1) is 15.8. The lowest BCUT2D eigenvalue weighted by atomic mass is 10.1. The van der Waals surface area contributed by atoms with E-state index in [0.29, 0.717) is 6.04 Å². The van der Waals surface area contributed by atoms with Gasteiger partial charge in [0.05, 0.1) is 5.69 Å². The lowest BCUT2D eigenvalue weighted by molar-refractivity contribution is 0.101. The molecule has 0 aliphatic heterocycles. The molecule has 0 atom stereocenters. The zero-order valence-corrected chi connectivity index (χ0v) is 13.7. The van der Waals surface area contributed by atoms with Crippen molar-refractivity contribution in [2.24, 2.45) is 0 Å². The summed E-state index contributed by atoms with van der Waals surface area (Å²) in [7, 11) is 0. The molecule has 0 bridgehead atoms. The molecule has 0 unspecified atom stereocenters. The predicted molar refractivity (Wildman–Crippen MR) is 88.7 cm³/mol. The van der Waals surface area contributed by atoms with Gasteiger partial charge in [0, 0.05) is 18.0 Å². The van der Waals surface area contributed by atoms with Gasteiger partial charge in [-0.2, -0.15) is 0 Å². The van der Waals surface area contributed by atoms with Gasteiger partial charge in [0.1, 0.15) is 5.60 Å². The van der Waals surface area contributed by atoms with Crippen molar-refractivity contribution in [3.8, 4) is 5.88 Å². The van der Waals surface area contributed by atoms with Crippen molar-refractivity contribution in [1.82, 2.24) is 10.3 Å². The number of hydrogen-bond acceptors (Lipinski definition) is 3. The molecule has 1 heterocycles. The first-order chi connectivity index (χ1) is 9.91. The maximum Gasteiger partial charge on any atom is 0.222 e. The van der Waals surface area contributed by atoms with E-state index >= 15 is 0 Å². The minimum absolute atomic E-state index is 0.208. The molecule has 3 heteroatoms. The summed E-state index contributed by atoms with van der Waals surface area (Å²) in [4.78, 5) is 4.72. The van der Waals surface area contributed by atoms with Gasteiger partial charge in [-0.05, 0) is 37.8 Å². The molecule has 1 aromatic heterocycles.